The zero-order valence-corrected chi connectivity index (χ0v) is 28.6. The number of benzene rings is 2. The van der Waals surface area contributed by atoms with E-state index in [2.05, 4.69) is 10.6 Å². The van der Waals surface area contributed by atoms with Gasteiger partial charge in [0.1, 0.15) is 35.1 Å². The Labute approximate surface area is 273 Å². The van der Waals surface area contributed by atoms with E-state index < -0.39 is 53.2 Å². The number of esters is 1. The molecule has 3 amide bonds. The molecular formula is C36H51N3O7. The molecule has 3 rings (SSSR count). The number of nitrogens with one attached hydrogen (secondary N) is 2. The number of nitrogens with zero attached hydrogens (tertiary/aromatic N) is 1. The zero-order chi connectivity index (χ0) is 34.4. The third kappa shape index (κ3) is 10.8. The van der Waals surface area contributed by atoms with Crippen LogP contribution in [0.3, 0.4) is 0 Å². The molecule has 0 saturated heterocycles. The molecule has 2 aromatic rings. The van der Waals surface area contributed by atoms with Crippen LogP contribution in [0.2, 0.25) is 0 Å². The van der Waals surface area contributed by atoms with Crippen LogP contribution in [-0.2, 0) is 30.3 Å². The molecule has 5 atom stereocenters. The standard InChI is InChI=1S/C36H51N3O7/c1-22(2)19-26(38-34(44)46-36(7,8)9)32(42)39(28-20-23(28)3)30(25-17-13-14-18-29(25)40)31(41)37-27(33(43)45-35(4,5)6)21-24-15-11-10-12-16-24/h10-18,22-23,26-28,30,40H,19-21H2,1-9H3,(H,37,41)(H,38,44). The molecule has 0 spiro atoms. The summed E-state index contributed by atoms with van der Waals surface area (Å²) in [6, 6.07) is 11.9. The summed E-state index contributed by atoms with van der Waals surface area (Å²) in [5.41, 5.74) is -0.583. The van der Waals surface area contributed by atoms with Crippen LogP contribution >= 0.6 is 0 Å². The van der Waals surface area contributed by atoms with Crippen molar-refractivity contribution in [1.82, 2.24) is 15.5 Å². The average molecular weight is 638 g/mol. The van der Waals surface area contributed by atoms with E-state index in [4.69, 9.17) is 9.47 Å². The Hall–Kier alpha value is -4.08. The first-order valence-corrected chi connectivity index (χ1v) is 16.0. The molecule has 2 aromatic carbocycles. The largest absolute Gasteiger partial charge is 0.508 e. The van der Waals surface area contributed by atoms with Crippen molar-refractivity contribution < 1.29 is 33.8 Å². The van der Waals surface area contributed by atoms with E-state index in [0.717, 1.165) is 5.56 Å². The highest BCUT2D eigenvalue weighted by Crippen LogP contribution is 2.42. The van der Waals surface area contributed by atoms with Gasteiger partial charge in [-0.2, -0.15) is 0 Å². The van der Waals surface area contributed by atoms with E-state index in [1.54, 1.807) is 59.7 Å². The van der Waals surface area contributed by atoms with Crippen molar-refractivity contribution in [1.29, 1.82) is 0 Å². The fourth-order valence-corrected chi connectivity index (χ4v) is 5.30. The number of alkyl carbamates (subject to hydrolysis) is 1. The number of para-hydroxylation sites is 1. The fourth-order valence-electron chi connectivity index (χ4n) is 5.30. The molecule has 0 heterocycles. The predicted octanol–water partition coefficient (Wildman–Crippen LogP) is 5.68. The zero-order valence-electron chi connectivity index (χ0n) is 28.6. The number of phenols is 1. The molecule has 1 fully saturated rings. The summed E-state index contributed by atoms with van der Waals surface area (Å²) in [7, 11) is 0. The molecule has 252 valence electrons. The summed E-state index contributed by atoms with van der Waals surface area (Å²) >= 11 is 0. The Morgan fingerprint density at radius 2 is 1.43 bits per heavy atom. The lowest BCUT2D eigenvalue weighted by Gasteiger charge is -2.36. The van der Waals surface area contributed by atoms with Gasteiger partial charge >= 0.3 is 12.1 Å². The Balaban J connectivity index is 2.07. The van der Waals surface area contributed by atoms with Crippen LogP contribution in [0.4, 0.5) is 4.79 Å². The molecule has 0 bridgehead atoms. The Morgan fingerprint density at radius 3 is 1.96 bits per heavy atom. The summed E-state index contributed by atoms with van der Waals surface area (Å²) < 4.78 is 11.2. The molecular weight excluding hydrogens is 586 g/mol. The fraction of sp³-hybridized carbons (Fsp3) is 0.556. The third-order valence-corrected chi connectivity index (χ3v) is 7.42. The van der Waals surface area contributed by atoms with Crippen molar-refractivity contribution >= 4 is 23.9 Å². The molecule has 5 unspecified atom stereocenters. The van der Waals surface area contributed by atoms with E-state index in [9.17, 15) is 24.3 Å². The van der Waals surface area contributed by atoms with Gasteiger partial charge in [0.2, 0.25) is 11.8 Å². The van der Waals surface area contributed by atoms with Crippen LogP contribution in [0.1, 0.15) is 92.3 Å². The molecule has 0 aromatic heterocycles. The van der Waals surface area contributed by atoms with Gasteiger partial charge in [-0.25, -0.2) is 9.59 Å². The van der Waals surface area contributed by atoms with Crippen molar-refractivity contribution in [2.24, 2.45) is 11.8 Å². The Kier molecular flexibility index (Phi) is 11.9. The summed E-state index contributed by atoms with van der Waals surface area (Å²) in [6.07, 6.45) is 0.327. The highest BCUT2D eigenvalue weighted by Gasteiger charge is 2.49. The molecule has 10 nitrogen and oxygen atoms in total. The number of rotatable bonds is 12. The monoisotopic (exact) mass is 637 g/mol. The second-order valence-electron chi connectivity index (χ2n) is 14.6. The summed E-state index contributed by atoms with van der Waals surface area (Å²) in [5.74, 6) is -1.84. The quantitative estimate of drug-likeness (QED) is 0.255. The third-order valence-electron chi connectivity index (χ3n) is 7.42. The number of carbonyl (C=O) groups excluding carboxylic acids is 4. The Morgan fingerprint density at radius 1 is 0.870 bits per heavy atom. The minimum absolute atomic E-state index is 0.0159. The van der Waals surface area contributed by atoms with Crippen molar-refractivity contribution in [3.8, 4) is 5.75 Å². The van der Waals surface area contributed by atoms with E-state index in [1.165, 1.54) is 11.0 Å². The van der Waals surface area contributed by atoms with E-state index in [0.29, 0.717) is 12.8 Å². The van der Waals surface area contributed by atoms with Crippen LogP contribution in [0.5, 0.6) is 5.75 Å². The summed E-state index contributed by atoms with van der Waals surface area (Å²) in [6.45, 7) is 16.3. The number of hydrogen-bond donors (Lipinski definition) is 3. The number of carbonyl (C=O) groups is 4. The molecule has 0 radical (unpaired) electrons. The molecule has 1 aliphatic carbocycles. The molecule has 1 saturated carbocycles. The minimum atomic E-state index is -1.31. The van der Waals surface area contributed by atoms with Crippen molar-refractivity contribution in [3.05, 3.63) is 65.7 Å². The lowest BCUT2D eigenvalue weighted by atomic mass is 9.97. The van der Waals surface area contributed by atoms with Gasteiger partial charge in [-0.05, 0) is 77.8 Å². The first-order valence-electron chi connectivity index (χ1n) is 16.0. The van der Waals surface area contributed by atoms with E-state index >= 15 is 0 Å². The van der Waals surface area contributed by atoms with Crippen molar-refractivity contribution in [2.45, 2.75) is 117 Å². The Bertz CT molecular complexity index is 1360. The van der Waals surface area contributed by atoms with Crippen molar-refractivity contribution in [3.63, 3.8) is 0 Å². The second kappa shape index (κ2) is 15.0. The number of phenolic OH excluding ortho intramolecular Hbond substituents is 1. The van der Waals surface area contributed by atoms with Gasteiger partial charge in [0.25, 0.3) is 0 Å². The predicted molar refractivity (Wildman–Crippen MR) is 176 cm³/mol. The van der Waals surface area contributed by atoms with Gasteiger partial charge in [-0.15, -0.1) is 0 Å². The molecule has 3 N–H and O–H groups in total. The van der Waals surface area contributed by atoms with Gasteiger partial charge < -0.3 is 30.1 Å². The van der Waals surface area contributed by atoms with Crippen molar-refractivity contribution in [2.75, 3.05) is 0 Å². The highest BCUT2D eigenvalue weighted by atomic mass is 16.6. The minimum Gasteiger partial charge on any atom is -0.508 e. The van der Waals surface area contributed by atoms with Gasteiger partial charge in [0.15, 0.2) is 0 Å². The van der Waals surface area contributed by atoms with E-state index in [-0.39, 0.29) is 35.6 Å². The van der Waals surface area contributed by atoms with E-state index in [1.807, 2.05) is 51.1 Å². The van der Waals surface area contributed by atoms with Crippen LogP contribution in [0.15, 0.2) is 54.6 Å². The van der Waals surface area contributed by atoms with Gasteiger partial charge in [0, 0.05) is 18.0 Å². The number of hydrogen-bond acceptors (Lipinski definition) is 7. The average Bonchev–Trinajstić information content (AvgIpc) is 3.64. The number of aromatic hydroxyl groups is 1. The maximum Gasteiger partial charge on any atom is 0.408 e. The highest BCUT2D eigenvalue weighted by molar-refractivity contribution is 5.94. The normalized spacial score (nSPS) is 18.1. The van der Waals surface area contributed by atoms with Gasteiger partial charge in [-0.3, -0.25) is 9.59 Å². The molecule has 0 aliphatic heterocycles. The smallest absolute Gasteiger partial charge is 0.408 e. The molecule has 10 heteroatoms. The topological polar surface area (TPSA) is 134 Å². The maximum absolute atomic E-state index is 14.5. The lowest BCUT2D eigenvalue weighted by molar-refractivity contribution is -0.159. The number of amides is 3. The first-order chi connectivity index (χ1) is 21.4. The maximum atomic E-state index is 14.5. The first kappa shape index (κ1) is 36.4. The lowest BCUT2D eigenvalue weighted by Crippen LogP contribution is -2.56. The van der Waals surface area contributed by atoms with Crippen LogP contribution in [0.25, 0.3) is 0 Å². The van der Waals surface area contributed by atoms with Crippen LogP contribution < -0.4 is 10.6 Å². The number of ether oxygens (including phenoxy) is 2. The van der Waals surface area contributed by atoms with Gasteiger partial charge in [0.05, 0.1) is 0 Å². The molecule has 46 heavy (non-hydrogen) atoms. The SMILES string of the molecule is CC(C)CC(NC(=O)OC(C)(C)C)C(=O)N(C(C(=O)NC(Cc1ccccc1)C(=O)OC(C)(C)C)c1ccccc1O)C1CC1C. The summed E-state index contributed by atoms with van der Waals surface area (Å²) in [5, 5.41) is 16.6. The second-order valence-corrected chi connectivity index (χ2v) is 14.6. The van der Waals surface area contributed by atoms with Gasteiger partial charge in [-0.1, -0.05) is 69.3 Å². The van der Waals surface area contributed by atoms with Crippen LogP contribution in [-0.4, -0.2) is 63.2 Å². The summed E-state index contributed by atoms with van der Waals surface area (Å²) in [4.78, 5) is 56.8. The molecule has 1 aliphatic rings. The van der Waals surface area contributed by atoms with Crippen LogP contribution in [0, 0.1) is 11.8 Å².